The van der Waals surface area contributed by atoms with Crippen molar-refractivity contribution in [1.82, 2.24) is 19.5 Å². The minimum atomic E-state index is -0.0280. The maximum Gasteiger partial charge on any atom is 0.200 e. The zero-order valence-corrected chi connectivity index (χ0v) is 27.8. The standard InChI is InChI=1S/C46H28N4O2/c51-43-36-16-8-10-18-41(36)52-42-28-32(23-25-37(42)43)29-19-21-31(22-20-29)45-47-44(30-11-3-1-4-12-30)48-46(49-45)33-24-26-40-38(27-33)35-15-7-9-17-39(35)50(40)34-13-5-2-6-14-34/h1-28H. The molecule has 0 spiro atoms. The van der Waals surface area contributed by atoms with Crippen molar-refractivity contribution in [2.45, 2.75) is 0 Å². The van der Waals surface area contributed by atoms with E-state index >= 15 is 0 Å². The Morgan fingerprint density at radius 1 is 0.385 bits per heavy atom. The van der Waals surface area contributed by atoms with E-state index in [1.54, 1.807) is 6.07 Å². The molecule has 52 heavy (non-hydrogen) atoms. The van der Waals surface area contributed by atoms with Crippen molar-refractivity contribution in [3.05, 3.63) is 180 Å². The predicted octanol–water partition coefficient (Wildman–Crippen LogP) is 10.9. The number of fused-ring (bicyclic) bond motifs is 5. The van der Waals surface area contributed by atoms with Gasteiger partial charge in [-0.05, 0) is 71.8 Å². The van der Waals surface area contributed by atoms with Crippen molar-refractivity contribution in [2.24, 2.45) is 0 Å². The molecule has 0 saturated heterocycles. The third kappa shape index (κ3) is 4.96. The summed E-state index contributed by atoms with van der Waals surface area (Å²) in [4.78, 5) is 28.1. The van der Waals surface area contributed by atoms with Gasteiger partial charge in [-0.25, -0.2) is 15.0 Å². The van der Waals surface area contributed by atoms with E-state index in [0.717, 1.165) is 55.3 Å². The van der Waals surface area contributed by atoms with Crippen molar-refractivity contribution in [3.8, 4) is 51.0 Å². The van der Waals surface area contributed by atoms with Crippen molar-refractivity contribution in [1.29, 1.82) is 0 Å². The van der Waals surface area contributed by atoms with Gasteiger partial charge in [0.1, 0.15) is 11.2 Å². The number of hydrogen-bond acceptors (Lipinski definition) is 5. The Bertz CT molecular complexity index is 3020. The Balaban J connectivity index is 1.08. The molecule has 0 atom stereocenters. The molecular formula is C46H28N4O2. The largest absolute Gasteiger partial charge is 0.456 e. The summed E-state index contributed by atoms with van der Waals surface area (Å²) in [6, 6.07) is 56.6. The summed E-state index contributed by atoms with van der Waals surface area (Å²) >= 11 is 0. The van der Waals surface area contributed by atoms with Crippen LogP contribution in [0.15, 0.2) is 179 Å². The molecule has 0 saturated carbocycles. The van der Waals surface area contributed by atoms with E-state index in [-0.39, 0.29) is 5.43 Å². The Hall–Kier alpha value is -7.18. The van der Waals surface area contributed by atoms with E-state index in [2.05, 4.69) is 71.3 Å². The molecule has 7 aromatic carbocycles. The minimum absolute atomic E-state index is 0.0280. The van der Waals surface area contributed by atoms with Gasteiger partial charge >= 0.3 is 0 Å². The lowest BCUT2D eigenvalue weighted by Gasteiger charge is -2.10. The van der Waals surface area contributed by atoms with Gasteiger partial charge in [0.05, 0.1) is 21.8 Å². The molecule has 0 aliphatic heterocycles. The molecule has 0 fully saturated rings. The fourth-order valence-electron chi connectivity index (χ4n) is 7.11. The molecule has 0 aliphatic carbocycles. The first kappa shape index (κ1) is 29.7. The van der Waals surface area contributed by atoms with Gasteiger partial charge in [-0.15, -0.1) is 0 Å². The molecule has 6 heteroatoms. The maximum absolute atomic E-state index is 13.1. The van der Waals surface area contributed by atoms with Crippen LogP contribution in [0, 0.1) is 0 Å². The Labute approximate surface area is 297 Å². The highest BCUT2D eigenvalue weighted by atomic mass is 16.3. The molecular weight excluding hydrogens is 641 g/mol. The minimum Gasteiger partial charge on any atom is -0.456 e. The van der Waals surface area contributed by atoms with E-state index in [1.165, 1.54) is 0 Å². The molecule has 3 aromatic heterocycles. The lowest BCUT2D eigenvalue weighted by atomic mass is 10.0. The van der Waals surface area contributed by atoms with Gasteiger partial charge in [-0.3, -0.25) is 4.79 Å². The van der Waals surface area contributed by atoms with Crippen LogP contribution >= 0.6 is 0 Å². The molecule has 0 unspecified atom stereocenters. The fourth-order valence-corrected chi connectivity index (χ4v) is 7.11. The second kappa shape index (κ2) is 12.0. The van der Waals surface area contributed by atoms with E-state index in [0.29, 0.717) is 39.4 Å². The molecule has 0 aliphatic rings. The molecule has 244 valence electrons. The van der Waals surface area contributed by atoms with Crippen molar-refractivity contribution in [2.75, 3.05) is 0 Å². The molecule has 6 nitrogen and oxygen atoms in total. The molecule has 0 bridgehead atoms. The quantitative estimate of drug-likeness (QED) is 0.171. The van der Waals surface area contributed by atoms with Crippen LogP contribution in [0.2, 0.25) is 0 Å². The molecule has 10 aromatic rings. The van der Waals surface area contributed by atoms with Crippen LogP contribution in [-0.4, -0.2) is 19.5 Å². The molecule has 3 heterocycles. The summed E-state index contributed by atoms with van der Waals surface area (Å²) in [6.45, 7) is 0. The van der Waals surface area contributed by atoms with Crippen LogP contribution < -0.4 is 5.43 Å². The van der Waals surface area contributed by atoms with Crippen LogP contribution in [0.3, 0.4) is 0 Å². The highest BCUT2D eigenvalue weighted by Crippen LogP contribution is 2.35. The first-order valence-electron chi connectivity index (χ1n) is 17.1. The predicted molar refractivity (Wildman–Crippen MR) is 209 cm³/mol. The second-order valence-corrected chi connectivity index (χ2v) is 12.8. The van der Waals surface area contributed by atoms with Gasteiger partial charge in [0.15, 0.2) is 17.5 Å². The maximum atomic E-state index is 13.1. The van der Waals surface area contributed by atoms with Gasteiger partial charge in [-0.2, -0.15) is 0 Å². The fraction of sp³-hybridized carbons (Fsp3) is 0. The van der Waals surface area contributed by atoms with E-state index in [9.17, 15) is 4.79 Å². The average molecular weight is 669 g/mol. The van der Waals surface area contributed by atoms with Gasteiger partial charge in [0, 0.05) is 33.2 Å². The van der Waals surface area contributed by atoms with Crippen LogP contribution in [0.5, 0.6) is 0 Å². The molecule has 10 rings (SSSR count). The number of nitrogens with zero attached hydrogens (tertiary/aromatic N) is 4. The molecule has 0 amide bonds. The number of rotatable bonds is 5. The van der Waals surface area contributed by atoms with Crippen LogP contribution in [0.1, 0.15) is 0 Å². The van der Waals surface area contributed by atoms with Gasteiger partial charge < -0.3 is 8.98 Å². The zero-order chi connectivity index (χ0) is 34.6. The lowest BCUT2D eigenvalue weighted by molar-refractivity contribution is 0.660. The first-order valence-corrected chi connectivity index (χ1v) is 17.1. The molecule has 0 N–H and O–H groups in total. The summed E-state index contributed by atoms with van der Waals surface area (Å²) in [5.74, 6) is 1.79. The highest BCUT2D eigenvalue weighted by molar-refractivity contribution is 6.10. The van der Waals surface area contributed by atoms with Gasteiger partial charge in [-0.1, -0.05) is 109 Å². The summed E-state index contributed by atoms with van der Waals surface area (Å²) in [7, 11) is 0. The Morgan fingerprint density at radius 3 is 1.69 bits per heavy atom. The summed E-state index contributed by atoms with van der Waals surface area (Å²) in [5, 5.41) is 3.44. The lowest BCUT2D eigenvalue weighted by Crippen LogP contribution is -2.01. The monoisotopic (exact) mass is 668 g/mol. The Kier molecular flexibility index (Phi) is 6.86. The number of benzene rings is 7. The first-order chi connectivity index (χ1) is 25.7. The van der Waals surface area contributed by atoms with E-state index < -0.39 is 0 Å². The Morgan fingerprint density at radius 2 is 0.923 bits per heavy atom. The van der Waals surface area contributed by atoms with E-state index in [4.69, 9.17) is 19.4 Å². The average Bonchev–Trinajstić information content (AvgIpc) is 3.55. The smallest absolute Gasteiger partial charge is 0.200 e. The van der Waals surface area contributed by atoms with Crippen molar-refractivity contribution < 1.29 is 4.42 Å². The van der Waals surface area contributed by atoms with Crippen LogP contribution in [0.25, 0.3) is 94.7 Å². The van der Waals surface area contributed by atoms with Crippen molar-refractivity contribution in [3.63, 3.8) is 0 Å². The number of aromatic nitrogens is 4. The highest BCUT2D eigenvalue weighted by Gasteiger charge is 2.17. The third-order valence-corrected chi connectivity index (χ3v) is 9.67. The topological polar surface area (TPSA) is 73.8 Å². The third-order valence-electron chi connectivity index (χ3n) is 9.67. The van der Waals surface area contributed by atoms with Crippen molar-refractivity contribution >= 4 is 43.7 Å². The SMILES string of the molecule is O=c1c2ccccc2oc2cc(-c3ccc(-c4nc(-c5ccccc5)nc(-c5ccc6c(c5)c5ccccc5n6-c5ccccc5)n4)cc3)ccc12. The van der Waals surface area contributed by atoms with Gasteiger partial charge in [0.25, 0.3) is 0 Å². The van der Waals surface area contributed by atoms with Crippen LogP contribution in [-0.2, 0) is 0 Å². The summed E-state index contributed by atoms with van der Waals surface area (Å²) in [5.41, 5.74) is 9.10. The zero-order valence-electron chi connectivity index (χ0n) is 27.8. The molecule has 0 radical (unpaired) electrons. The van der Waals surface area contributed by atoms with E-state index in [1.807, 2.05) is 97.1 Å². The van der Waals surface area contributed by atoms with Crippen LogP contribution in [0.4, 0.5) is 0 Å². The second-order valence-electron chi connectivity index (χ2n) is 12.8. The normalized spacial score (nSPS) is 11.5. The van der Waals surface area contributed by atoms with Gasteiger partial charge in [0.2, 0.25) is 5.43 Å². The summed E-state index contributed by atoms with van der Waals surface area (Å²) in [6.07, 6.45) is 0. The summed E-state index contributed by atoms with van der Waals surface area (Å²) < 4.78 is 8.44. The number of para-hydroxylation sites is 3. The number of hydrogen-bond donors (Lipinski definition) is 0.